The van der Waals surface area contributed by atoms with Gasteiger partial charge in [0.2, 0.25) is 0 Å². The third kappa shape index (κ3) is 3.86. The quantitative estimate of drug-likeness (QED) is 0.571. The van der Waals surface area contributed by atoms with E-state index in [0.717, 1.165) is 6.42 Å². The van der Waals surface area contributed by atoms with Gasteiger partial charge in [0.05, 0.1) is 12.0 Å². The van der Waals surface area contributed by atoms with Gasteiger partial charge in [0.25, 0.3) is 0 Å². The fourth-order valence-electron chi connectivity index (χ4n) is 1.87. The Balaban J connectivity index is 4.96. The largest absolute Gasteiger partial charge is 0.465 e. The molecule has 6 heteroatoms. The third-order valence-electron chi connectivity index (χ3n) is 3.35. The molecule has 0 bridgehead atoms. The van der Waals surface area contributed by atoms with Gasteiger partial charge in [-0.2, -0.15) is 13.2 Å². The Morgan fingerprint density at radius 3 is 2.06 bits per heavy atom. The van der Waals surface area contributed by atoms with Crippen LogP contribution in [0.1, 0.15) is 46.5 Å². The van der Waals surface area contributed by atoms with E-state index in [1.165, 1.54) is 13.8 Å². The van der Waals surface area contributed by atoms with Gasteiger partial charge in [-0.1, -0.05) is 27.2 Å². The van der Waals surface area contributed by atoms with Crippen molar-refractivity contribution >= 4 is 5.97 Å². The molecule has 1 atom stereocenters. The first-order valence-corrected chi connectivity index (χ1v) is 6.25. The Morgan fingerprint density at radius 2 is 1.72 bits per heavy atom. The normalized spacial score (nSPS) is 14.4. The zero-order valence-corrected chi connectivity index (χ0v) is 11.1. The first-order valence-electron chi connectivity index (χ1n) is 6.25. The fourth-order valence-corrected chi connectivity index (χ4v) is 1.87. The molecule has 0 aliphatic rings. The highest BCUT2D eigenvalue weighted by atomic mass is 19.4. The van der Waals surface area contributed by atoms with E-state index < -0.39 is 23.6 Å². The second kappa shape index (κ2) is 6.97. The van der Waals surface area contributed by atoms with Crippen LogP contribution >= 0.6 is 0 Å². The molecule has 108 valence electrons. The van der Waals surface area contributed by atoms with Crippen molar-refractivity contribution in [2.45, 2.75) is 58.7 Å². The van der Waals surface area contributed by atoms with E-state index >= 15 is 0 Å². The highest BCUT2D eigenvalue weighted by Crippen LogP contribution is 2.39. The minimum Gasteiger partial charge on any atom is -0.465 e. The summed E-state index contributed by atoms with van der Waals surface area (Å²) in [6.07, 6.45) is -3.14. The molecule has 0 aromatic carbocycles. The summed E-state index contributed by atoms with van der Waals surface area (Å²) in [4.78, 5) is 11.9. The lowest BCUT2D eigenvalue weighted by Gasteiger charge is -2.35. The Morgan fingerprint density at radius 1 is 1.22 bits per heavy atom. The molecule has 0 aliphatic carbocycles. The number of hydrogen-bond donors (Lipinski definition) is 1. The maximum absolute atomic E-state index is 12.7. The molecule has 0 aromatic rings. The lowest BCUT2D eigenvalue weighted by Crippen LogP contribution is -2.55. The van der Waals surface area contributed by atoms with Crippen LogP contribution in [-0.4, -0.2) is 24.8 Å². The molecule has 0 amide bonds. The smallest absolute Gasteiger partial charge is 0.404 e. The molecular formula is C12H22F3NO2. The van der Waals surface area contributed by atoms with Crippen LogP contribution in [0.3, 0.4) is 0 Å². The van der Waals surface area contributed by atoms with Gasteiger partial charge >= 0.3 is 12.1 Å². The SMILES string of the molecule is CCCCOC(=O)C(CC)(CC)[C@H](N)C(F)(F)F. The Bertz CT molecular complexity index is 263. The van der Waals surface area contributed by atoms with E-state index in [-0.39, 0.29) is 19.4 Å². The number of halogens is 3. The highest BCUT2D eigenvalue weighted by Gasteiger charge is 2.54. The zero-order chi connectivity index (χ0) is 14.4. The van der Waals surface area contributed by atoms with Gasteiger partial charge in [-0.05, 0) is 19.3 Å². The molecule has 0 aromatic heterocycles. The van der Waals surface area contributed by atoms with Gasteiger partial charge in [-0.3, -0.25) is 4.79 Å². The molecule has 3 nitrogen and oxygen atoms in total. The van der Waals surface area contributed by atoms with Crippen molar-refractivity contribution in [3.63, 3.8) is 0 Å². The van der Waals surface area contributed by atoms with E-state index in [9.17, 15) is 18.0 Å². The number of rotatable bonds is 7. The van der Waals surface area contributed by atoms with Crippen LogP contribution in [0.2, 0.25) is 0 Å². The van der Waals surface area contributed by atoms with Crippen LogP contribution < -0.4 is 5.73 Å². The molecule has 0 aliphatic heterocycles. The van der Waals surface area contributed by atoms with Crippen LogP contribution in [-0.2, 0) is 9.53 Å². The molecule has 0 unspecified atom stereocenters. The van der Waals surface area contributed by atoms with Crippen molar-refractivity contribution in [2.75, 3.05) is 6.61 Å². The number of nitrogens with two attached hydrogens (primary N) is 1. The number of ether oxygens (including phenoxy) is 1. The number of alkyl halides is 3. The summed E-state index contributed by atoms with van der Waals surface area (Å²) in [5.74, 6) is -0.842. The summed E-state index contributed by atoms with van der Waals surface area (Å²) in [5, 5.41) is 0. The van der Waals surface area contributed by atoms with Crippen LogP contribution in [0, 0.1) is 5.41 Å². The van der Waals surface area contributed by atoms with Crippen LogP contribution in [0.5, 0.6) is 0 Å². The first-order chi connectivity index (χ1) is 8.26. The minimum atomic E-state index is -4.60. The van der Waals surface area contributed by atoms with Crippen molar-refractivity contribution in [3.8, 4) is 0 Å². The maximum Gasteiger partial charge on any atom is 0.404 e. The van der Waals surface area contributed by atoms with Crippen LogP contribution in [0.4, 0.5) is 13.2 Å². The molecule has 0 saturated carbocycles. The zero-order valence-electron chi connectivity index (χ0n) is 11.1. The van der Waals surface area contributed by atoms with Crippen molar-refractivity contribution in [2.24, 2.45) is 11.1 Å². The van der Waals surface area contributed by atoms with Crippen molar-refractivity contribution in [1.29, 1.82) is 0 Å². The Hall–Kier alpha value is -0.780. The monoisotopic (exact) mass is 269 g/mol. The van der Waals surface area contributed by atoms with Gasteiger partial charge in [0.1, 0.15) is 6.04 Å². The number of hydrogen-bond acceptors (Lipinski definition) is 3. The van der Waals surface area contributed by atoms with Gasteiger partial charge in [-0.15, -0.1) is 0 Å². The summed E-state index contributed by atoms with van der Waals surface area (Å²) in [6.45, 7) is 5.09. The van der Waals surface area contributed by atoms with E-state index in [1.807, 2.05) is 6.92 Å². The summed E-state index contributed by atoms with van der Waals surface area (Å²) < 4.78 is 43.1. The average Bonchev–Trinajstić information content (AvgIpc) is 2.30. The number of unbranched alkanes of at least 4 members (excludes halogenated alkanes) is 1. The Labute approximate surface area is 106 Å². The predicted molar refractivity (Wildman–Crippen MR) is 62.9 cm³/mol. The summed E-state index contributed by atoms with van der Waals surface area (Å²) in [7, 11) is 0. The number of carbonyl (C=O) groups is 1. The molecule has 0 saturated heterocycles. The summed E-state index contributed by atoms with van der Waals surface area (Å²) >= 11 is 0. The van der Waals surface area contributed by atoms with Crippen molar-refractivity contribution in [3.05, 3.63) is 0 Å². The average molecular weight is 269 g/mol. The molecule has 0 radical (unpaired) electrons. The molecule has 0 fully saturated rings. The molecule has 18 heavy (non-hydrogen) atoms. The number of carbonyl (C=O) groups excluding carboxylic acids is 1. The van der Waals surface area contributed by atoms with Gasteiger partial charge in [0.15, 0.2) is 0 Å². The van der Waals surface area contributed by atoms with Gasteiger partial charge in [-0.25, -0.2) is 0 Å². The molecule has 0 spiro atoms. The van der Waals surface area contributed by atoms with Crippen molar-refractivity contribution < 1.29 is 22.7 Å². The van der Waals surface area contributed by atoms with Gasteiger partial charge < -0.3 is 10.5 Å². The highest BCUT2D eigenvalue weighted by molar-refractivity contribution is 5.78. The van der Waals surface area contributed by atoms with Gasteiger partial charge in [0, 0.05) is 0 Å². The Kier molecular flexibility index (Phi) is 6.67. The second-order valence-corrected chi connectivity index (χ2v) is 4.37. The summed E-state index contributed by atoms with van der Waals surface area (Å²) in [6, 6.07) is -2.19. The number of esters is 1. The predicted octanol–water partition coefficient (Wildman–Crippen LogP) is 3.03. The standard InChI is InChI=1S/C12H22F3NO2/c1-4-7-8-18-10(17)11(5-2,6-3)9(16)12(13,14)15/h9H,4-8,16H2,1-3H3/t9-/m0/s1. The lowest BCUT2D eigenvalue weighted by molar-refractivity contribution is -0.194. The van der Waals surface area contributed by atoms with E-state index in [0.29, 0.717) is 6.42 Å². The topological polar surface area (TPSA) is 52.3 Å². The van der Waals surface area contributed by atoms with Crippen molar-refractivity contribution in [1.82, 2.24) is 0 Å². The molecule has 0 rings (SSSR count). The van der Waals surface area contributed by atoms with E-state index in [2.05, 4.69) is 0 Å². The fraction of sp³-hybridized carbons (Fsp3) is 0.917. The molecule has 2 N–H and O–H groups in total. The molecular weight excluding hydrogens is 247 g/mol. The maximum atomic E-state index is 12.7. The van der Waals surface area contributed by atoms with Crippen LogP contribution in [0.15, 0.2) is 0 Å². The van der Waals surface area contributed by atoms with E-state index in [4.69, 9.17) is 10.5 Å². The second-order valence-electron chi connectivity index (χ2n) is 4.37. The molecule has 0 heterocycles. The third-order valence-corrected chi connectivity index (χ3v) is 3.35. The lowest BCUT2D eigenvalue weighted by atomic mass is 9.75. The summed E-state index contributed by atoms with van der Waals surface area (Å²) in [5.41, 5.74) is 3.56. The minimum absolute atomic E-state index is 0.00906. The van der Waals surface area contributed by atoms with Crippen LogP contribution in [0.25, 0.3) is 0 Å². The van der Waals surface area contributed by atoms with E-state index in [1.54, 1.807) is 0 Å². The first kappa shape index (κ1) is 17.2.